The summed E-state index contributed by atoms with van der Waals surface area (Å²) in [5.41, 5.74) is 2.35. The summed E-state index contributed by atoms with van der Waals surface area (Å²) in [6.45, 7) is -2.07. The van der Waals surface area contributed by atoms with Gasteiger partial charge in [0.2, 0.25) is 6.79 Å². The van der Waals surface area contributed by atoms with Gasteiger partial charge in [-0.2, -0.15) is 8.78 Å². The molecule has 4 rings (SSSR count). The van der Waals surface area contributed by atoms with Crippen LogP contribution in [0.1, 0.15) is 11.3 Å². The Balaban J connectivity index is 0.00000272. The number of pyridine rings is 1. The van der Waals surface area contributed by atoms with E-state index >= 15 is 0 Å². The highest BCUT2D eigenvalue weighted by atomic mass is 127. The second-order valence-corrected chi connectivity index (χ2v) is 6.49. The van der Waals surface area contributed by atoms with Crippen LogP contribution in [-0.2, 0) is 13.0 Å². The molecule has 3 aromatic rings. The molecule has 0 fully saturated rings. The Bertz CT molecular complexity index is 1030. The number of rotatable bonds is 7. The normalized spacial score (nSPS) is 12.7. The number of guanidine groups is 1. The van der Waals surface area contributed by atoms with E-state index in [9.17, 15) is 8.78 Å². The summed E-state index contributed by atoms with van der Waals surface area (Å²) in [5, 5.41) is 6.29. The Kier molecular flexibility index (Phi) is 7.71. The molecule has 0 saturated carbocycles. The highest BCUT2D eigenvalue weighted by Crippen LogP contribution is 2.38. The Labute approximate surface area is 194 Å². The zero-order valence-corrected chi connectivity index (χ0v) is 19.0. The van der Waals surface area contributed by atoms with Gasteiger partial charge in [-0.05, 0) is 18.2 Å². The SMILES string of the molecule is CN=C(NCCc1cn2ccccc2n1)NCc1cc2c(cc1OC(F)F)OCO2.I. The molecule has 0 atom stereocenters. The lowest BCUT2D eigenvalue weighted by Crippen LogP contribution is -2.38. The van der Waals surface area contributed by atoms with Gasteiger partial charge in [0.05, 0.1) is 5.69 Å². The first-order chi connectivity index (χ1) is 14.6. The number of nitrogens with zero attached hydrogens (tertiary/aromatic N) is 3. The number of hydrogen-bond acceptors (Lipinski definition) is 5. The van der Waals surface area contributed by atoms with Crippen LogP contribution in [0.15, 0.2) is 47.7 Å². The minimum absolute atomic E-state index is 0. The molecule has 31 heavy (non-hydrogen) atoms. The molecule has 0 amide bonds. The van der Waals surface area contributed by atoms with Gasteiger partial charge < -0.3 is 29.2 Å². The third-order valence-corrected chi connectivity index (χ3v) is 4.53. The second kappa shape index (κ2) is 10.5. The molecule has 2 N–H and O–H groups in total. The lowest BCUT2D eigenvalue weighted by molar-refractivity contribution is -0.0505. The smallest absolute Gasteiger partial charge is 0.387 e. The third-order valence-electron chi connectivity index (χ3n) is 4.53. The Morgan fingerprint density at radius 3 is 2.81 bits per heavy atom. The minimum atomic E-state index is -2.94. The summed E-state index contributed by atoms with van der Waals surface area (Å²) in [4.78, 5) is 8.71. The summed E-state index contributed by atoms with van der Waals surface area (Å²) in [6, 6.07) is 8.87. The number of alkyl halides is 2. The van der Waals surface area contributed by atoms with E-state index in [1.807, 2.05) is 35.0 Å². The van der Waals surface area contributed by atoms with Gasteiger partial charge in [-0.3, -0.25) is 4.99 Å². The lowest BCUT2D eigenvalue weighted by atomic mass is 10.1. The van der Waals surface area contributed by atoms with Crippen molar-refractivity contribution in [3.8, 4) is 17.2 Å². The molecule has 2 aromatic heterocycles. The molecule has 1 aliphatic heterocycles. The van der Waals surface area contributed by atoms with E-state index in [2.05, 4.69) is 25.3 Å². The van der Waals surface area contributed by atoms with Crippen molar-refractivity contribution in [3.63, 3.8) is 0 Å². The quantitative estimate of drug-likeness (QED) is 0.270. The van der Waals surface area contributed by atoms with Crippen LogP contribution in [-0.4, -0.2) is 42.3 Å². The van der Waals surface area contributed by atoms with E-state index in [0.717, 1.165) is 11.3 Å². The first-order valence-electron chi connectivity index (χ1n) is 9.37. The van der Waals surface area contributed by atoms with Gasteiger partial charge in [0.15, 0.2) is 17.5 Å². The summed E-state index contributed by atoms with van der Waals surface area (Å²) in [5.74, 6) is 1.42. The van der Waals surface area contributed by atoms with E-state index in [4.69, 9.17) is 9.47 Å². The van der Waals surface area contributed by atoms with Crippen molar-refractivity contribution in [1.29, 1.82) is 0 Å². The van der Waals surface area contributed by atoms with Crippen molar-refractivity contribution in [3.05, 3.63) is 54.0 Å². The standard InChI is InChI=1S/C20H21F2N5O3.HI/c1-23-20(24-6-5-14-11-27-7-3-2-4-18(27)26-14)25-10-13-8-16-17(29-12-28-16)9-15(13)30-19(21)22;/h2-4,7-9,11,19H,5-6,10,12H2,1H3,(H2,23,24,25);1H. The molecule has 0 aliphatic carbocycles. The number of nitrogens with one attached hydrogen (secondary N) is 2. The molecule has 0 radical (unpaired) electrons. The number of aliphatic imine (C=N–C) groups is 1. The van der Waals surface area contributed by atoms with E-state index in [-0.39, 0.29) is 43.1 Å². The van der Waals surface area contributed by atoms with Gasteiger partial charge in [-0.15, -0.1) is 24.0 Å². The van der Waals surface area contributed by atoms with Crippen molar-refractivity contribution >= 4 is 35.6 Å². The number of benzene rings is 1. The molecular formula is C20H22F2IN5O3. The van der Waals surface area contributed by atoms with E-state index in [0.29, 0.717) is 36.0 Å². The third kappa shape index (κ3) is 5.66. The Morgan fingerprint density at radius 2 is 2.06 bits per heavy atom. The van der Waals surface area contributed by atoms with Gasteiger partial charge >= 0.3 is 6.61 Å². The van der Waals surface area contributed by atoms with Crippen LogP contribution >= 0.6 is 24.0 Å². The van der Waals surface area contributed by atoms with Gasteiger partial charge in [-0.1, -0.05) is 6.07 Å². The molecule has 1 aromatic carbocycles. The van der Waals surface area contributed by atoms with E-state index in [1.165, 1.54) is 6.07 Å². The van der Waals surface area contributed by atoms with Crippen LogP contribution in [0.4, 0.5) is 8.78 Å². The summed E-state index contributed by atoms with van der Waals surface area (Å²) >= 11 is 0. The number of ether oxygens (including phenoxy) is 3. The molecule has 0 spiro atoms. The molecular weight excluding hydrogens is 523 g/mol. The van der Waals surface area contributed by atoms with Gasteiger partial charge in [0.1, 0.15) is 11.4 Å². The van der Waals surface area contributed by atoms with Crippen molar-refractivity contribution in [1.82, 2.24) is 20.0 Å². The fourth-order valence-corrected chi connectivity index (χ4v) is 3.13. The van der Waals surface area contributed by atoms with Crippen molar-refractivity contribution in [2.75, 3.05) is 20.4 Å². The Morgan fingerprint density at radius 1 is 1.26 bits per heavy atom. The molecule has 1 aliphatic rings. The molecule has 0 unspecified atom stereocenters. The molecule has 166 valence electrons. The van der Waals surface area contributed by atoms with Crippen LogP contribution in [0, 0.1) is 0 Å². The number of fused-ring (bicyclic) bond motifs is 2. The average Bonchev–Trinajstić information content (AvgIpc) is 3.35. The maximum Gasteiger partial charge on any atom is 0.387 e. The fourth-order valence-electron chi connectivity index (χ4n) is 3.13. The van der Waals surface area contributed by atoms with Gasteiger partial charge in [-0.25, -0.2) is 4.98 Å². The maximum atomic E-state index is 12.8. The van der Waals surface area contributed by atoms with E-state index < -0.39 is 6.61 Å². The maximum absolute atomic E-state index is 12.8. The van der Waals surface area contributed by atoms with Gasteiger partial charge in [0, 0.05) is 50.6 Å². The predicted octanol–water partition coefficient (Wildman–Crippen LogP) is 3.19. The monoisotopic (exact) mass is 545 g/mol. The van der Waals surface area contributed by atoms with Crippen LogP contribution < -0.4 is 24.8 Å². The topological polar surface area (TPSA) is 81.4 Å². The average molecular weight is 545 g/mol. The number of aromatic nitrogens is 2. The summed E-state index contributed by atoms with van der Waals surface area (Å²) in [6.07, 6.45) is 4.63. The Hall–Kier alpha value is -2.83. The molecule has 0 saturated heterocycles. The minimum Gasteiger partial charge on any atom is -0.454 e. The number of halogens is 3. The van der Waals surface area contributed by atoms with Crippen LogP contribution in [0.3, 0.4) is 0 Å². The van der Waals surface area contributed by atoms with Crippen molar-refractivity contribution in [2.24, 2.45) is 4.99 Å². The molecule has 11 heteroatoms. The summed E-state index contributed by atoms with van der Waals surface area (Å²) < 4.78 is 42.7. The largest absolute Gasteiger partial charge is 0.454 e. The first kappa shape index (κ1) is 22.8. The zero-order chi connectivity index (χ0) is 20.9. The highest BCUT2D eigenvalue weighted by molar-refractivity contribution is 14.0. The molecule has 3 heterocycles. The van der Waals surface area contributed by atoms with Crippen molar-refractivity contribution in [2.45, 2.75) is 19.6 Å². The van der Waals surface area contributed by atoms with Crippen LogP contribution in [0.5, 0.6) is 17.2 Å². The second-order valence-electron chi connectivity index (χ2n) is 6.49. The zero-order valence-electron chi connectivity index (χ0n) is 16.7. The lowest BCUT2D eigenvalue weighted by Gasteiger charge is -2.15. The van der Waals surface area contributed by atoms with Crippen LogP contribution in [0.25, 0.3) is 5.65 Å². The first-order valence-corrected chi connectivity index (χ1v) is 9.37. The fraction of sp³-hybridized carbons (Fsp3) is 0.300. The van der Waals surface area contributed by atoms with Crippen LogP contribution in [0.2, 0.25) is 0 Å². The number of imidazole rings is 1. The van der Waals surface area contributed by atoms with E-state index in [1.54, 1.807) is 13.1 Å². The molecule has 0 bridgehead atoms. The van der Waals surface area contributed by atoms with Gasteiger partial charge in [0.25, 0.3) is 0 Å². The van der Waals surface area contributed by atoms with Crippen molar-refractivity contribution < 1.29 is 23.0 Å². The highest BCUT2D eigenvalue weighted by Gasteiger charge is 2.20. The summed E-state index contributed by atoms with van der Waals surface area (Å²) in [7, 11) is 1.64. The number of hydrogen-bond donors (Lipinski definition) is 2. The molecule has 8 nitrogen and oxygen atoms in total. The predicted molar refractivity (Wildman–Crippen MR) is 122 cm³/mol.